The van der Waals surface area contributed by atoms with Crippen LogP contribution >= 0.6 is 0 Å². The Morgan fingerprint density at radius 2 is 2.09 bits per heavy atom. The molecule has 2 nitrogen and oxygen atoms in total. The average Bonchev–Trinajstić information content (AvgIpc) is 3.25. The van der Waals surface area contributed by atoms with E-state index in [0.29, 0.717) is 23.4 Å². The van der Waals surface area contributed by atoms with E-state index in [1.807, 2.05) is 0 Å². The van der Waals surface area contributed by atoms with Crippen LogP contribution in [0.5, 0.6) is 0 Å². The molecule has 0 bridgehead atoms. The molecular weight excluding hydrogens is 272 g/mol. The van der Waals surface area contributed by atoms with Gasteiger partial charge in [0.15, 0.2) is 0 Å². The van der Waals surface area contributed by atoms with Crippen LogP contribution in [0.25, 0.3) is 0 Å². The summed E-state index contributed by atoms with van der Waals surface area (Å²) in [5, 5.41) is 0. The molecule has 1 aliphatic heterocycles. The maximum Gasteiger partial charge on any atom is 0.148 e. The summed E-state index contributed by atoms with van der Waals surface area (Å²) in [6.07, 6.45) is 10.5. The number of aldehydes is 1. The zero-order chi connectivity index (χ0) is 16.0. The van der Waals surface area contributed by atoms with Gasteiger partial charge in [0.05, 0.1) is 6.61 Å². The van der Waals surface area contributed by atoms with Crippen LogP contribution in [0.1, 0.15) is 59.3 Å². The fourth-order valence-electron chi connectivity index (χ4n) is 5.46. The van der Waals surface area contributed by atoms with Crippen LogP contribution in [0, 0.1) is 22.7 Å². The van der Waals surface area contributed by atoms with E-state index in [4.69, 9.17) is 4.74 Å². The summed E-state index contributed by atoms with van der Waals surface area (Å²) in [5.41, 5.74) is 3.01. The Morgan fingerprint density at radius 3 is 2.73 bits per heavy atom. The first kappa shape index (κ1) is 16.0. The molecule has 2 heteroatoms. The van der Waals surface area contributed by atoms with Gasteiger partial charge in [-0.3, -0.25) is 4.79 Å². The lowest BCUT2D eigenvalue weighted by molar-refractivity contribution is -0.105. The van der Waals surface area contributed by atoms with Crippen LogP contribution in [0.15, 0.2) is 23.8 Å². The van der Waals surface area contributed by atoms with Gasteiger partial charge in [0.25, 0.3) is 0 Å². The standard InChI is InChI=1S/C20H30O2/c1-14-6-9-18-19(2,3)10-5-11-20(18,4)16(14)8-7-15(12-21)17-13-22-17/h7,12,16-18H,1,5-6,8-11,13H2,2-4H3/b15-7-/t16-,17-,18+,20-/m1/s1. The van der Waals surface area contributed by atoms with Crippen LogP contribution in [-0.2, 0) is 9.53 Å². The SMILES string of the molecule is C=C1CC[C@H]2C(C)(C)CCC[C@]2(C)[C@@H]1C/C=C(/C=O)[C@H]1CO1. The second kappa shape index (κ2) is 5.63. The van der Waals surface area contributed by atoms with E-state index < -0.39 is 0 Å². The highest BCUT2D eigenvalue weighted by Gasteiger charge is 2.52. The lowest BCUT2D eigenvalue weighted by atomic mass is 9.47. The topological polar surface area (TPSA) is 29.6 Å². The number of epoxide rings is 1. The molecule has 0 amide bonds. The number of hydrogen-bond acceptors (Lipinski definition) is 2. The van der Waals surface area contributed by atoms with E-state index in [9.17, 15) is 4.79 Å². The molecule has 0 aromatic carbocycles. The Bertz CT molecular complexity index is 498. The van der Waals surface area contributed by atoms with Crippen molar-refractivity contribution in [1.82, 2.24) is 0 Å². The summed E-state index contributed by atoms with van der Waals surface area (Å²) in [6, 6.07) is 0. The van der Waals surface area contributed by atoms with Gasteiger partial charge < -0.3 is 4.74 Å². The molecule has 0 aromatic rings. The van der Waals surface area contributed by atoms with Crippen LogP contribution in [0.2, 0.25) is 0 Å². The highest BCUT2D eigenvalue weighted by atomic mass is 16.6. The first-order valence-electron chi connectivity index (χ1n) is 8.83. The molecule has 122 valence electrons. The minimum Gasteiger partial charge on any atom is -0.368 e. The molecule has 0 spiro atoms. The van der Waals surface area contributed by atoms with Crippen molar-refractivity contribution in [2.75, 3.05) is 6.61 Å². The zero-order valence-corrected chi connectivity index (χ0v) is 14.4. The molecule has 2 saturated carbocycles. The predicted molar refractivity (Wildman–Crippen MR) is 89.6 cm³/mol. The number of allylic oxidation sites excluding steroid dienone is 2. The number of ether oxygens (including phenoxy) is 1. The highest BCUT2D eigenvalue weighted by Crippen LogP contribution is 2.61. The van der Waals surface area contributed by atoms with E-state index in [1.165, 1.54) is 31.3 Å². The monoisotopic (exact) mass is 302 g/mol. The molecular formula is C20H30O2. The number of hydrogen-bond donors (Lipinski definition) is 0. The van der Waals surface area contributed by atoms with Gasteiger partial charge >= 0.3 is 0 Å². The Morgan fingerprint density at radius 1 is 1.36 bits per heavy atom. The van der Waals surface area contributed by atoms with Crippen LogP contribution in [0.3, 0.4) is 0 Å². The third-order valence-corrected chi connectivity index (χ3v) is 6.75. The summed E-state index contributed by atoms with van der Waals surface area (Å²) in [7, 11) is 0. The minimum absolute atomic E-state index is 0.0701. The lowest BCUT2D eigenvalue weighted by Gasteiger charge is -2.58. The molecule has 4 atom stereocenters. The summed E-state index contributed by atoms with van der Waals surface area (Å²) < 4.78 is 5.27. The fraction of sp³-hybridized carbons (Fsp3) is 0.750. The molecule has 0 aromatic heterocycles. The normalized spacial score (nSPS) is 41.0. The summed E-state index contributed by atoms with van der Waals surface area (Å²) >= 11 is 0. The zero-order valence-electron chi connectivity index (χ0n) is 14.4. The fourth-order valence-corrected chi connectivity index (χ4v) is 5.46. The van der Waals surface area contributed by atoms with Gasteiger partial charge in [0.2, 0.25) is 0 Å². The molecule has 1 saturated heterocycles. The predicted octanol–water partition coefficient (Wildman–Crippen LogP) is 4.70. The summed E-state index contributed by atoms with van der Waals surface area (Å²) in [5.74, 6) is 1.29. The molecule has 1 heterocycles. The molecule has 22 heavy (non-hydrogen) atoms. The smallest absolute Gasteiger partial charge is 0.148 e. The summed E-state index contributed by atoms with van der Waals surface area (Å²) in [4.78, 5) is 11.2. The summed E-state index contributed by atoms with van der Waals surface area (Å²) in [6.45, 7) is 12.5. The van der Waals surface area contributed by atoms with E-state index in [2.05, 4.69) is 33.4 Å². The molecule has 3 fully saturated rings. The third kappa shape index (κ3) is 2.71. The third-order valence-electron chi connectivity index (χ3n) is 6.75. The molecule has 3 aliphatic rings. The number of fused-ring (bicyclic) bond motifs is 1. The number of rotatable bonds is 4. The average molecular weight is 302 g/mol. The van der Waals surface area contributed by atoms with Crippen molar-refractivity contribution >= 4 is 6.29 Å². The van der Waals surface area contributed by atoms with Crippen molar-refractivity contribution in [2.45, 2.75) is 65.4 Å². The molecule has 0 N–H and O–H groups in total. The van der Waals surface area contributed by atoms with Gasteiger partial charge in [0.1, 0.15) is 12.4 Å². The van der Waals surface area contributed by atoms with Gasteiger partial charge in [-0.15, -0.1) is 0 Å². The quantitative estimate of drug-likeness (QED) is 0.326. The number of carbonyl (C=O) groups is 1. The van der Waals surface area contributed by atoms with E-state index in [-0.39, 0.29) is 6.10 Å². The second-order valence-corrected chi connectivity index (χ2v) is 8.53. The Labute approximate surface area is 135 Å². The van der Waals surface area contributed by atoms with E-state index in [0.717, 1.165) is 30.6 Å². The number of carbonyl (C=O) groups excluding carboxylic acids is 1. The van der Waals surface area contributed by atoms with Gasteiger partial charge in [-0.25, -0.2) is 0 Å². The maximum absolute atomic E-state index is 11.2. The van der Waals surface area contributed by atoms with Crippen molar-refractivity contribution in [2.24, 2.45) is 22.7 Å². The first-order valence-corrected chi connectivity index (χ1v) is 8.83. The highest BCUT2D eigenvalue weighted by molar-refractivity contribution is 5.75. The Kier molecular flexibility index (Phi) is 4.09. The van der Waals surface area contributed by atoms with E-state index in [1.54, 1.807) is 0 Å². The lowest BCUT2D eigenvalue weighted by Crippen LogP contribution is -2.49. The second-order valence-electron chi connectivity index (χ2n) is 8.53. The first-order chi connectivity index (χ1) is 10.4. The van der Waals surface area contributed by atoms with Crippen molar-refractivity contribution in [3.8, 4) is 0 Å². The molecule has 0 unspecified atom stereocenters. The van der Waals surface area contributed by atoms with Gasteiger partial charge in [0, 0.05) is 5.57 Å². The van der Waals surface area contributed by atoms with E-state index >= 15 is 0 Å². The molecule has 0 radical (unpaired) electrons. The van der Waals surface area contributed by atoms with Crippen LogP contribution in [-0.4, -0.2) is 19.0 Å². The Balaban J connectivity index is 1.84. The van der Waals surface area contributed by atoms with Crippen molar-refractivity contribution < 1.29 is 9.53 Å². The largest absolute Gasteiger partial charge is 0.368 e. The van der Waals surface area contributed by atoms with Crippen molar-refractivity contribution in [3.63, 3.8) is 0 Å². The van der Waals surface area contributed by atoms with Gasteiger partial charge in [-0.05, 0) is 54.8 Å². The van der Waals surface area contributed by atoms with Crippen molar-refractivity contribution in [1.29, 1.82) is 0 Å². The van der Waals surface area contributed by atoms with Gasteiger partial charge in [-0.2, -0.15) is 0 Å². The van der Waals surface area contributed by atoms with Gasteiger partial charge in [-0.1, -0.05) is 45.4 Å². The molecule has 2 aliphatic carbocycles. The van der Waals surface area contributed by atoms with Crippen LogP contribution in [0.4, 0.5) is 0 Å². The van der Waals surface area contributed by atoms with Crippen molar-refractivity contribution in [3.05, 3.63) is 23.8 Å². The minimum atomic E-state index is 0.0701. The molecule has 3 rings (SSSR count). The van der Waals surface area contributed by atoms with Crippen LogP contribution < -0.4 is 0 Å². The Hall–Kier alpha value is -0.890. The maximum atomic E-state index is 11.2.